The van der Waals surface area contributed by atoms with Crippen molar-refractivity contribution in [3.05, 3.63) is 60.2 Å². The van der Waals surface area contributed by atoms with E-state index < -0.39 is 27.6 Å². The molecule has 1 amide bonds. The molecule has 9 nitrogen and oxygen atoms in total. The van der Waals surface area contributed by atoms with Gasteiger partial charge >= 0.3 is 12.1 Å². The van der Waals surface area contributed by atoms with E-state index in [0.29, 0.717) is 18.3 Å². The van der Waals surface area contributed by atoms with Gasteiger partial charge in [0.1, 0.15) is 17.4 Å². The number of rotatable bonds is 12. The van der Waals surface area contributed by atoms with Gasteiger partial charge in [-0.1, -0.05) is 36.8 Å². The fourth-order valence-corrected chi connectivity index (χ4v) is 5.79. The third kappa shape index (κ3) is 10.1. The van der Waals surface area contributed by atoms with Crippen molar-refractivity contribution in [3.63, 3.8) is 0 Å². The minimum Gasteiger partial charge on any atom is -0.494 e. The summed E-state index contributed by atoms with van der Waals surface area (Å²) in [4.78, 5) is 26.4. The summed E-state index contributed by atoms with van der Waals surface area (Å²) < 4.78 is 44.1. The van der Waals surface area contributed by atoms with Crippen LogP contribution in [0.25, 0.3) is 0 Å². The zero-order valence-electron chi connectivity index (χ0n) is 23.9. The molecule has 0 spiro atoms. The molecule has 0 bridgehead atoms. The highest BCUT2D eigenvalue weighted by molar-refractivity contribution is 7.89. The van der Waals surface area contributed by atoms with Crippen molar-refractivity contribution in [2.45, 2.75) is 75.8 Å². The molecule has 2 aromatic rings. The second kappa shape index (κ2) is 14.5. The minimum atomic E-state index is -3.88. The lowest BCUT2D eigenvalue weighted by Gasteiger charge is -2.33. The van der Waals surface area contributed by atoms with Crippen molar-refractivity contribution in [2.24, 2.45) is 5.92 Å². The van der Waals surface area contributed by atoms with Gasteiger partial charge in [-0.05, 0) is 88.6 Å². The molecule has 1 unspecified atom stereocenters. The smallest absolute Gasteiger partial charge is 0.410 e. The summed E-state index contributed by atoms with van der Waals surface area (Å²) in [6.07, 6.45) is 5.01. The van der Waals surface area contributed by atoms with Gasteiger partial charge < -0.3 is 19.1 Å². The summed E-state index contributed by atoms with van der Waals surface area (Å²) in [5.74, 6) is 0.671. The molecule has 0 saturated carbocycles. The van der Waals surface area contributed by atoms with Gasteiger partial charge in [-0.2, -0.15) is 4.72 Å². The average Bonchev–Trinajstić information content (AvgIpc) is 2.92. The number of amides is 1. The predicted molar refractivity (Wildman–Crippen MR) is 153 cm³/mol. The molecule has 1 N–H and O–H groups in total. The lowest BCUT2D eigenvalue weighted by molar-refractivity contribution is -0.142. The average molecular weight is 575 g/mol. The first-order chi connectivity index (χ1) is 19.0. The quantitative estimate of drug-likeness (QED) is 0.282. The number of likely N-dealkylation sites (tertiary alicyclic amines) is 1. The number of unbranched alkanes of at least 4 members (excludes halogenated alkanes) is 1. The van der Waals surface area contributed by atoms with Crippen LogP contribution in [0, 0.1) is 5.92 Å². The zero-order valence-corrected chi connectivity index (χ0v) is 24.7. The number of esters is 1. The Labute approximate surface area is 238 Å². The first-order valence-corrected chi connectivity index (χ1v) is 15.3. The third-order valence-corrected chi connectivity index (χ3v) is 8.23. The Bertz CT molecular complexity index is 1190. The Hall–Kier alpha value is -3.11. The second-order valence-corrected chi connectivity index (χ2v) is 12.8. The fourth-order valence-electron chi connectivity index (χ4n) is 4.58. The zero-order chi connectivity index (χ0) is 29.2. The van der Waals surface area contributed by atoms with E-state index in [1.165, 1.54) is 19.2 Å². The second-order valence-electron chi connectivity index (χ2n) is 11.1. The van der Waals surface area contributed by atoms with Gasteiger partial charge in [0, 0.05) is 13.1 Å². The molecule has 1 saturated heterocycles. The van der Waals surface area contributed by atoms with Crippen molar-refractivity contribution in [1.82, 2.24) is 9.62 Å². The molecule has 0 aliphatic carbocycles. The van der Waals surface area contributed by atoms with E-state index in [9.17, 15) is 18.0 Å². The molecule has 220 valence electrons. The molecule has 1 atom stereocenters. The van der Waals surface area contributed by atoms with Crippen LogP contribution in [0.4, 0.5) is 4.79 Å². The highest BCUT2D eigenvalue weighted by Gasteiger charge is 2.28. The van der Waals surface area contributed by atoms with Crippen molar-refractivity contribution < 1.29 is 32.2 Å². The lowest BCUT2D eigenvalue weighted by Crippen LogP contribution is -2.42. The number of ether oxygens (including phenoxy) is 3. The summed E-state index contributed by atoms with van der Waals surface area (Å²) in [5.41, 5.74) is 0.305. The summed E-state index contributed by atoms with van der Waals surface area (Å²) in [5, 5.41) is 0. The predicted octanol–water partition coefficient (Wildman–Crippen LogP) is 4.95. The molecule has 0 aromatic heterocycles. The van der Waals surface area contributed by atoms with E-state index in [4.69, 9.17) is 14.2 Å². The molecule has 1 aliphatic heterocycles. The topological polar surface area (TPSA) is 111 Å². The van der Waals surface area contributed by atoms with Crippen molar-refractivity contribution >= 4 is 22.1 Å². The van der Waals surface area contributed by atoms with E-state index in [0.717, 1.165) is 50.8 Å². The van der Waals surface area contributed by atoms with Crippen LogP contribution >= 0.6 is 0 Å². The maximum absolute atomic E-state index is 12.7. The Morgan fingerprint density at radius 2 is 1.65 bits per heavy atom. The number of sulfonamides is 1. The van der Waals surface area contributed by atoms with Gasteiger partial charge in [0.2, 0.25) is 10.0 Å². The minimum absolute atomic E-state index is 0.0823. The number of carbonyl (C=O) groups is 2. The Balaban J connectivity index is 1.39. The maximum Gasteiger partial charge on any atom is 0.410 e. The van der Waals surface area contributed by atoms with Crippen molar-refractivity contribution in [1.29, 1.82) is 0 Å². The number of nitrogens with one attached hydrogen (secondary N) is 1. The van der Waals surface area contributed by atoms with Crippen LogP contribution in [-0.4, -0.2) is 63.8 Å². The number of hydrogen-bond donors (Lipinski definition) is 1. The Kier molecular flexibility index (Phi) is 11.4. The molecule has 10 heteroatoms. The maximum atomic E-state index is 12.7. The standard InChI is InChI=1S/C30H42N2O7S/c1-30(2,3)39-29(34)32-19-17-23(18-20-32)10-8-9-21-38-25-15-13-24(14-16-25)22-27(28(33)37-4)31-40(35,36)26-11-6-5-7-12-26/h5-7,11-16,23,27,31H,8-10,17-22H2,1-4H3. The van der Waals surface area contributed by atoms with Gasteiger partial charge in [0.05, 0.1) is 18.6 Å². The Morgan fingerprint density at radius 3 is 2.25 bits per heavy atom. The summed E-state index contributed by atoms with van der Waals surface area (Å²) >= 11 is 0. The largest absolute Gasteiger partial charge is 0.494 e. The highest BCUT2D eigenvalue weighted by atomic mass is 32.2. The molecule has 0 radical (unpaired) electrons. The molecule has 1 heterocycles. The van der Waals surface area contributed by atoms with Gasteiger partial charge in [0.25, 0.3) is 0 Å². The third-order valence-electron chi connectivity index (χ3n) is 6.74. The van der Waals surface area contributed by atoms with E-state index in [-0.39, 0.29) is 17.4 Å². The van der Waals surface area contributed by atoms with Crippen LogP contribution in [0.2, 0.25) is 0 Å². The number of nitrogens with zero attached hydrogens (tertiary/aromatic N) is 1. The number of piperidine rings is 1. The summed E-state index contributed by atoms with van der Waals surface area (Å²) in [6, 6.07) is 14.1. The van der Waals surface area contributed by atoms with Crippen LogP contribution in [-0.2, 0) is 30.7 Å². The lowest BCUT2D eigenvalue weighted by atomic mass is 9.92. The highest BCUT2D eigenvalue weighted by Crippen LogP contribution is 2.24. The van der Waals surface area contributed by atoms with E-state index in [1.54, 1.807) is 23.1 Å². The van der Waals surface area contributed by atoms with Crippen LogP contribution in [0.3, 0.4) is 0 Å². The monoisotopic (exact) mass is 574 g/mol. The van der Waals surface area contributed by atoms with E-state index in [1.807, 2.05) is 45.0 Å². The van der Waals surface area contributed by atoms with Crippen molar-refractivity contribution in [2.75, 3.05) is 26.8 Å². The van der Waals surface area contributed by atoms with Crippen LogP contribution in [0.5, 0.6) is 5.75 Å². The first kappa shape index (κ1) is 31.4. The SMILES string of the molecule is COC(=O)C(Cc1ccc(OCCCCC2CCN(C(=O)OC(C)(C)C)CC2)cc1)NS(=O)(=O)c1ccccc1. The summed E-state index contributed by atoms with van der Waals surface area (Å²) in [7, 11) is -2.65. The van der Waals surface area contributed by atoms with Crippen LogP contribution in [0.15, 0.2) is 59.5 Å². The van der Waals surface area contributed by atoms with Crippen molar-refractivity contribution in [3.8, 4) is 5.75 Å². The molecular weight excluding hydrogens is 532 g/mol. The Morgan fingerprint density at radius 1 is 1.00 bits per heavy atom. The number of benzene rings is 2. The fraction of sp³-hybridized carbons (Fsp3) is 0.533. The van der Waals surface area contributed by atoms with Crippen LogP contribution < -0.4 is 9.46 Å². The van der Waals surface area contributed by atoms with Gasteiger partial charge in [-0.15, -0.1) is 0 Å². The van der Waals surface area contributed by atoms with Crippen LogP contribution in [0.1, 0.15) is 58.4 Å². The molecule has 40 heavy (non-hydrogen) atoms. The van der Waals surface area contributed by atoms with Gasteiger partial charge in [-0.25, -0.2) is 13.2 Å². The number of methoxy groups -OCH3 is 1. The van der Waals surface area contributed by atoms with Gasteiger partial charge in [-0.3, -0.25) is 4.79 Å². The summed E-state index contributed by atoms with van der Waals surface area (Å²) in [6.45, 7) is 7.73. The molecule has 2 aromatic carbocycles. The van der Waals surface area contributed by atoms with E-state index in [2.05, 4.69) is 4.72 Å². The first-order valence-electron chi connectivity index (χ1n) is 13.8. The molecular formula is C30H42N2O7S. The molecule has 1 fully saturated rings. The molecule has 1 aliphatic rings. The van der Waals surface area contributed by atoms with E-state index >= 15 is 0 Å². The normalized spacial score (nSPS) is 15.3. The van der Waals surface area contributed by atoms with Gasteiger partial charge in [0.15, 0.2) is 0 Å². The number of hydrogen-bond acceptors (Lipinski definition) is 7. The molecule has 3 rings (SSSR count). The number of carbonyl (C=O) groups excluding carboxylic acids is 2.